The first kappa shape index (κ1) is 26.9. The molecule has 0 amide bonds. The summed E-state index contributed by atoms with van der Waals surface area (Å²) in [6, 6.07) is 0. The minimum Gasteiger partial charge on any atom is -1.00 e. The van der Waals surface area contributed by atoms with Crippen LogP contribution in [-0.2, 0) is 15.7 Å². The fraction of sp³-hybridized carbons (Fsp3) is 0.966. The van der Waals surface area contributed by atoms with Crippen molar-refractivity contribution in [3.05, 3.63) is 0 Å². The zero-order valence-electron chi connectivity index (χ0n) is 22.1. The van der Waals surface area contributed by atoms with Crippen LogP contribution >= 0.6 is 0 Å². The van der Waals surface area contributed by atoms with Crippen molar-refractivity contribution in [1.29, 1.82) is 0 Å². The van der Waals surface area contributed by atoms with E-state index >= 15 is 0 Å². The van der Waals surface area contributed by atoms with Gasteiger partial charge in [-0.3, -0.25) is 4.79 Å². The predicted molar refractivity (Wildman–Crippen MR) is 136 cm³/mol. The van der Waals surface area contributed by atoms with Crippen LogP contribution in [0.5, 0.6) is 0 Å². The van der Waals surface area contributed by atoms with Gasteiger partial charge in [0.15, 0.2) is 0 Å². The minimum absolute atomic E-state index is 0. The second kappa shape index (κ2) is 10.1. The average Bonchev–Trinajstić information content (AvgIpc) is 3.05. The van der Waals surface area contributed by atoms with Crippen molar-refractivity contribution < 1.29 is 17.2 Å². The lowest BCUT2D eigenvalue weighted by Gasteiger charge is -2.60. The van der Waals surface area contributed by atoms with Gasteiger partial charge in [0.25, 0.3) is 0 Å². The molecule has 0 radical (unpaired) electrons. The van der Waals surface area contributed by atoms with E-state index in [1.807, 2.05) is 0 Å². The summed E-state index contributed by atoms with van der Waals surface area (Å²) in [5.41, 5.74) is 0.802. The highest BCUT2D eigenvalue weighted by Crippen LogP contribution is 2.68. The van der Waals surface area contributed by atoms with Crippen LogP contribution in [0, 0.1) is 52.3 Å². The van der Waals surface area contributed by atoms with Gasteiger partial charge in [-0.2, -0.15) is 0 Å². The minimum atomic E-state index is 0. The Balaban J connectivity index is 0.00000289. The Kier molecular flexibility index (Phi) is 8.51. The maximum atomic E-state index is 13.6. The van der Waals surface area contributed by atoms with E-state index in [9.17, 15) is 4.79 Å². The van der Waals surface area contributed by atoms with Gasteiger partial charge in [0, 0.05) is 18.8 Å². The van der Waals surface area contributed by atoms with Crippen molar-refractivity contribution in [3.8, 4) is 0 Å². The molecule has 0 aromatic carbocycles. The molecule has 4 aliphatic rings. The van der Waals surface area contributed by atoms with E-state index < -0.39 is 0 Å². The van der Waals surface area contributed by atoms with Gasteiger partial charge in [0.2, 0.25) is 0 Å². The standard InChI is InChI=1S/C29H51OS.ClH/c1-19(2)9-8-10-20(3)23-11-12-24-22-18-27(30)26-17-21(31(6)7)13-15-29(26,5)25(22)14-16-28(23,24)4;/h19-26H,8-18H2,1-7H3;1H/q+1;/p-1/t20-,21?,22+,23-,24+,25+,26?,28-,29-;/m1./s1. The normalized spacial score (nSPS) is 44.6. The number of carbonyl (C=O) groups is 1. The molecule has 4 aliphatic carbocycles. The largest absolute Gasteiger partial charge is 1.00 e. The number of fused-ring (bicyclic) bond motifs is 5. The summed E-state index contributed by atoms with van der Waals surface area (Å²) in [6.45, 7) is 12.5. The molecule has 4 saturated carbocycles. The molecule has 4 fully saturated rings. The number of ketones is 1. The van der Waals surface area contributed by atoms with Crippen LogP contribution in [0.15, 0.2) is 0 Å². The van der Waals surface area contributed by atoms with Gasteiger partial charge in [-0.25, -0.2) is 0 Å². The Labute approximate surface area is 208 Å². The predicted octanol–water partition coefficient (Wildman–Crippen LogP) is 4.54. The highest BCUT2D eigenvalue weighted by atomic mass is 35.5. The summed E-state index contributed by atoms with van der Waals surface area (Å²) in [5.74, 6) is 5.95. The summed E-state index contributed by atoms with van der Waals surface area (Å²) >= 11 is 0. The van der Waals surface area contributed by atoms with E-state index in [1.54, 1.807) is 0 Å². The van der Waals surface area contributed by atoms with Gasteiger partial charge in [-0.15, -0.1) is 0 Å². The Bertz CT molecular complexity index is 662. The summed E-state index contributed by atoms with van der Waals surface area (Å²) < 4.78 is 0. The van der Waals surface area contributed by atoms with Gasteiger partial charge in [-0.05, 0) is 95.8 Å². The number of Topliss-reactive ketones (excluding diaryl/α,β-unsaturated/α-hetero) is 1. The molecule has 32 heavy (non-hydrogen) atoms. The molecule has 186 valence electrons. The highest BCUT2D eigenvalue weighted by Gasteiger charge is 2.63. The van der Waals surface area contributed by atoms with E-state index in [0.717, 1.165) is 41.3 Å². The summed E-state index contributed by atoms with van der Waals surface area (Å²) in [4.78, 5) is 13.6. The van der Waals surface area contributed by atoms with Crippen molar-refractivity contribution in [2.45, 2.75) is 110 Å². The molecule has 0 aromatic heterocycles. The van der Waals surface area contributed by atoms with Crippen molar-refractivity contribution in [2.75, 3.05) is 12.5 Å². The van der Waals surface area contributed by atoms with Gasteiger partial charge < -0.3 is 12.4 Å². The summed E-state index contributed by atoms with van der Waals surface area (Å²) in [5, 5.41) is 0.801. The van der Waals surface area contributed by atoms with Gasteiger partial charge in [-0.1, -0.05) is 53.9 Å². The maximum absolute atomic E-state index is 13.6. The lowest BCUT2D eigenvalue weighted by Crippen LogP contribution is -3.00. The summed E-state index contributed by atoms with van der Waals surface area (Å²) in [6.07, 6.45) is 19.5. The molecule has 2 unspecified atom stereocenters. The smallest absolute Gasteiger partial charge is 0.137 e. The molecule has 0 N–H and O–H groups in total. The molecule has 9 atom stereocenters. The monoisotopic (exact) mass is 482 g/mol. The van der Waals surface area contributed by atoms with Crippen molar-refractivity contribution in [1.82, 2.24) is 0 Å². The number of carbonyl (C=O) groups excluding carboxylic acids is 1. The van der Waals surface area contributed by atoms with Gasteiger partial charge >= 0.3 is 0 Å². The van der Waals surface area contributed by atoms with E-state index in [4.69, 9.17) is 0 Å². The Morgan fingerprint density at radius 2 is 1.59 bits per heavy atom. The van der Waals surface area contributed by atoms with Crippen molar-refractivity contribution >= 4 is 16.7 Å². The first-order valence-corrected chi connectivity index (χ1v) is 15.8. The van der Waals surface area contributed by atoms with E-state index in [-0.39, 0.29) is 12.4 Å². The third-order valence-corrected chi connectivity index (χ3v) is 13.0. The highest BCUT2D eigenvalue weighted by molar-refractivity contribution is 7.96. The molecular weight excluding hydrogens is 432 g/mol. The first-order chi connectivity index (χ1) is 14.6. The zero-order chi connectivity index (χ0) is 22.6. The van der Waals surface area contributed by atoms with Crippen LogP contribution < -0.4 is 12.4 Å². The van der Waals surface area contributed by atoms with E-state index in [0.29, 0.717) is 39.3 Å². The molecule has 0 aromatic rings. The average molecular weight is 483 g/mol. The molecule has 1 nitrogen and oxygen atoms in total. The van der Waals surface area contributed by atoms with Crippen molar-refractivity contribution in [3.63, 3.8) is 0 Å². The lowest BCUT2D eigenvalue weighted by atomic mass is 9.44. The fourth-order valence-corrected chi connectivity index (χ4v) is 10.6. The van der Waals surface area contributed by atoms with Crippen LogP contribution in [0.2, 0.25) is 0 Å². The molecule has 3 heteroatoms. The second-order valence-electron chi connectivity index (χ2n) is 13.4. The zero-order valence-corrected chi connectivity index (χ0v) is 23.7. The third-order valence-electron chi connectivity index (χ3n) is 11.3. The fourth-order valence-electron chi connectivity index (χ4n) is 9.46. The Morgan fingerprint density at radius 1 is 0.938 bits per heavy atom. The van der Waals surface area contributed by atoms with Crippen LogP contribution in [0.4, 0.5) is 0 Å². The molecule has 0 aliphatic heterocycles. The number of hydrogen-bond acceptors (Lipinski definition) is 1. The van der Waals surface area contributed by atoms with Crippen LogP contribution in [0.3, 0.4) is 0 Å². The molecule has 0 spiro atoms. The maximum Gasteiger partial charge on any atom is 0.137 e. The number of rotatable bonds is 6. The quantitative estimate of drug-likeness (QED) is 0.508. The molecular formula is C29H51ClOS. The number of halogens is 1. The summed E-state index contributed by atoms with van der Waals surface area (Å²) in [7, 11) is 0.460. The topological polar surface area (TPSA) is 17.1 Å². The van der Waals surface area contributed by atoms with E-state index in [2.05, 4.69) is 47.1 Å². The second-order valence-corrected chi connectivity index (χ2v) is 15.8. The number of hydrogen-bond donors (Lipinski definition) is 0. The lowest BCUT2D eigenvalue weighted by molar-refractivity contribution is -0.154. The first-order valence-electron chi connectivity index (χ1n) is 13.7. The third kappa shape index (κ3) is 4.59. The van der Waals surface area contributed by atoms with Crippen molar-refractivity contribution in [2.24, 2.45) is 52.3 Å². The molecule has 4 rings (SSSR count). The van der Waals surface area contributed by atoms with Crippen LogP contribution in [0.1, 0.15) is 105 Å². The molecule has 0 heterocycles. The van der Waals surface area contributed by atoms with Gasteiger partial charge in [0.1, 0.15) is 11.0 Å². The SMILES string of the molecule is CC(C)CCC[C@@H](C)[C@H]1CC[C@H]2[C@@H]3CC(=O)C4CC([S+](C)C)CC[C@]4(C)[C@H]3CC[C@]12C.[Cl-]. The molecule has 0 saturated heterocycles. The Hall–Kier alpha value is 0.310. The van der Waals surface area contributed by atoms with Gasteiger partial charge in [0.05, 0.1) is 12.5 Å². The van der Waals surface area contributed by atoms with E-state index in [1.165, 1.54) is 64.2 Å². The van der Waals surface area contributed by atoms with Crippen LogP contribution in [0.25, 0.3) is 0 Å². The Morgan fingerprint density at radius 3 is 2.25 bits per heavy atom. The van der Waals surface area contributed by atoms with Crippen LogP contribution in [-0.4, -0.2) is 23.5 Å². The molecule has 0 bridgehead atoms.